The normalized spacial score (nSPS) is 12.7. The summed E-state index contributed by atoms with van der Waals surface area (Å²) in [5.41, 5.74) is 1.28. The first-order valence-electron chi connectivity index (χ1n) is 7.31. The monoisotopic (exact) mass is 346 g/mol. The van der Waals surface area contributed by atoms with Crippen LogP contribution < -0.4 is 10.6 Å². The molecule has 0 atom stereocenters. The van der Waals surface area contributed by atoms with Crippen molar-refractivity contribution in [3.8, 4) is 0 Å². The number of sulfonamides is 1. The van der Waals surface area contributed by atoms with Gasteiger partial charge >= 0.3 is 0 Å². The van der Waals surface area contributed by atoms with Gasteiger partial charge in [-0.15, -0.1) is 11.3 Å². The summed E-state index contributed by atoms with van der Waals surface area (Å²) < 4.78 is 24.4. The van der Waals surface area contributed by atoms with Crippen molar-refractivity contribution in [1.29, 1.82) is 0 Å². The van der Waals surface area contributed by atoms with E-state index >= 15 is 0 Å². The molecule has 1 aromatic rings. The Morgan fingerprint density at radius 3 is 2.64 bits per heavy atom. The smallest absolute Gasteiger partial charge is 0.211 e. The van der Waals surface area contributed by atoms with Gasteiger partial charge in [0.05, 0.1) is 12.8 Å². The number of rotatable bonds is 8. The van der Waals surface area contributed by atoms with Gasteiger partial charge in [-0.25, -0.2) is 12.7 Å². The highest BCUT2D eigenvalue weighted by Crippen LogP contribution is 2.14. The van der Waals surface area contributed by atoms with E-state index < -0.39 is 10.0 Å². The fourth-order valence-electron chi connectivity index (χ4n) is 1.99. The number of hydrogen-bond donors (Lipinski definition) is 2. The topological polar surface area (TPSA) is 73.8 Å². The van der Waals surface area contributed by atoms with Crippen molar-refractivity contribution in [3.05, 3.63) is 21.9 Å². The fourth-order valence-corrected chi connectivity index (χ4v) is 3.77. The molecule has 0 aliphatic rings. The van der Waals surface area contributed by atoms with Gasteiger partial charge in [0.1, 0.15) is 0 Å². The van der Waals surface area contributed by atoms with Gasteiger partial charge in [0.15, 0.2) is 5.96 Å². The van der Waals surface area contributed by atoms with Crippen LogP contribution in [-0.2, 0) is 16.6 Å². The van der Waals surface area contributed by atoms with Gasteiger partial charge in [-0.3, -0.25) is 4.99 Å². The van der Waals surface area contributed by atoms with Gasteiger partial charge in [-0.2, -0.15) is 0 Å². The van der Waals surface area contributed by atoms with Crippen LogP contribution in [0.1, 0.15) is 23.8 Å². The van der Waals surface area contributed by atoms with Gasteiger partial charge in [-0.05, 0) is 30.4 Å². The summed E-state index contributed by atoms with van der Waals surface area (Å²) in [6.45, 7) is 6.38. The quantitative estimate of drug-likeness (QED) is 0.424. The van der Waals surface area contributed by atoms with Crippen LogP contribution in [0.15, 0.2) is 16.4 Å². The lowest BCUT2D eigenvalue weighted by Crippen LogP contribution is -2.39. The highest BCUT2D eigenvalue weighted by atomic mass is 32.2. The van der Waals surface area contributed by atoms with E-state index in [4.69, 9.17) is 0 Å². The molecule has 0 amide bonds. The van der Waals surface area contributed by atoms with E-state index in [0.29, 0.717) is 19.6 Å². The van der Waals surface area contributed by atoms with Crippen molar-refractivity contribution < 1.29 is 8.42 Å². The van der Waals surface area contributed by atoms with E-state index in [1.54, 1.807) is 18.4 Å². The zero-order chi connectivity index (χ0) is 16.6. The first kappa shape index (κ1) is 18.9. The summed E-state index contributed by atoms with van der Waals surface area (Å²) >= 11 is 1.72. The molecule has 1 heterocycles. The molecule has 0 spiro atoms. The highest BCUT2D eigenvalue weighted by molar-refractivity contribution is 7.88. The van der Waals surface area contributed by atoms with Crippen LogP contribution in [0.2, 0.25) is 0 Å². The van der Waals surface area contributed by atoms with Gasteiger partial charge in [0.25, 0.3) is 0 Å². The molecule has 0 unspecified atom stereocenters. The van der Waals surface area contributed by atoms with Crippen molar-refractivity contribution in [2.75, 3.05) is 32.9 Å². The lowest BCUT2D eigenvalue weighted by molar-refractivity contribution is 0.424. The maximum atomic E-state index is 11.5. The number of guanidine groups is 1. The predicted octanol–water partition coefficient (Wildman–Crippen LogP) is 1.39. The molecular weight excluding hydrogens is 320 g/mol. The van der Waals surface area contributed by atoms with Crippen LogP contribution in [0.25, 0.3) is 0 Å². The molecule has 126 valence electrons. The third kappa shape index (κ3) is 6.33. The fraction of sp³-hybridized carbons (Fsp3) is 0.643. The molecule has 22 heavy (non-hydrogen) atoms. The Morgan fingerprint density at radius 1 is 1.41 bits per heavy atom. The van der Waals surface area contributed by atoms with Crippen LogP contribution in [-0.4, -0.2) is 51.6 Å². The Labute approximate surface area is 137 Å². The molecule has 0 saturated carbocycles. The van der Waals surface area contributed by atoms with Crippen LogP contribution in [0.5, 0.6) is 0 Å². The molecule has 1 aromatic heterocycles. The molecule has 0 aromatic carbocycles. The molecule has 0 radical (unpaired) electrons. The Morgan fingerprint density at radius 2 is 2.14 bits per heavy atom. The van der Waals surface area contributed by atoms with Crippen molar-refractivity contribution in [1.82, 2.24) is 14.9 Å². The van der Waals surface area contributed by atoms with Gasteiger partial charge in [0, 0.05) is 31.6 Å². The minimum atomic E-state index is -3.10. The molecule has 0 bridgehead atoms. The van der Waals surface area contributed by atoms with Gasteiger partial charge in [-0.1, -0.05) is 6.92 Å². The summed E-state index contributed by atoms with van der Waals surface area (Å²) in [5.74, 6) is 0.732. The molecule has 2 N–H and O–H groups in total. The number of nitrogens with zero attached hydrogens (tertiary/aromatic N) is 2. The second-order valence-corrected chi connectivity index (χ2v) is 7.97. The zero-order valence-electron chi connectivity index (χ0n) is 13.7. The number of nitrogens with one attached hydrogen (secondary N) is 2. The molecule has 6 nitrogen and oxygen atoms in total. The standard InChI is InChI=1S/C14H26N4O2S2/c1-5-18(22(4,19)20)9-6-8-16-14(15-3)17-11-13-12(2)7-10-21-13/h7,10H,5-6,8-9,11H2,1-4H3,(H2,15,16,17). The predicted molar refractivity (Wildman–Crippen MR) is 94.0 cm³/mol. The van der Waals surface area contributed by atoms with E-state index in [-0.39, 0.29) is 0 Å². The summed E-state index contributed by atoms with van der Waals surface area (Å²) in [6.07, 6.45) is 1.98. The Bertz CT molecular complexity index is 581. The third-order valence-electron chi connectivity index (χ3n) is 3.31. The summed E-state index contributed by atoms with van der Waals surface area (Å²) in [5, 5.41) is 8.54. The SMILES string of the molecule is CCN(CCCNC(=NC)NCc1sccc1C)S(C)(=O)=O. The van der Waals surface area contributed by atoms with Crippen LogP contribution in [0.4, 0.5) is 0 Å². The molecular formula is C14H26N4O2S2. The molecule has 0 aliphatic heterocycles. The molecule has 0 saturated heterocycles. The van der Waals surface area contributed by atoms with Crippen LogP contribution in [0.3, 0.4) is 0 Å². The number of aliphatic imine (C=N–C) groups is 1. The Balaban J connectivity index is 2.31. The van der Waals surface area contributed by atoms with Crippen LogP contribution in [0, 0.1) is 6.92 Å². The molecule has 0 aliphatic carbocycles. The van der Waals surface area contributed by atoms with E-state index in [2.05, 4.69) is 34.0 Å². The minimum Gasteiger partial charge on any atom is -0.356 e. The minimum absolute atomic E-state index is 0.503. The van der Waals surface area contributed by atoms with Crippen molar-refractivity contribution in [3.63, 3.8) is 0 Å². The highest BCUT2D eigenvalue weighted by Gasteiger charge is 2.13. The van der Waals surface area contributed by atoms with Gasteiger partial charge in [0.2, 0.25) is 10.0 Å². The first-order chi connectivity index (χ1) is 10.4. The maximum Gasteiger partial charge on any atom is 0.211 e. The van der Waals surface area contributed by atoms with E-state index in [9.17, 15) is 8.42 Å². The number of aryl methyl sites for hydroxylation is 1. The van der Waals surface area contributed by atoms with Crippen molar-refractivity contribution in [2.45, 2.75) is 26.8 Å². The lowest BCUT2D eigenvalue weighted by Gasteiger charge is -2.18. The summed E-state index contributed by atoms with van der Waals surface area (Å²) in [6, 6.07) is 2.10. The van der Waals surface area contributed by atoms with E-state index in [1.807, 2.05) is 6.92 Å². The van der Waals surface area contributed by atoms with Crippen LogP contribution >= 0.6 is 11.3 Å². The van der Waals surface area contributed by atoms with E-state index in [0.717, 1.165) is 18.9 Å². The van der Waals surface area contributed by atoms with Crippen molar-refractivity contribution >= 4 is 27.3 Å². The zero-order valence-corrected chi connectivity index (χ0v) is 15.4. The maximum absolute atomic E-state index is 11.5. The third-order valence-corrected chi connectivity index (χ3v) is 5.71. The lowest BCUT2D eigenvalue weighted by atomic mass is 10.3. The molecule has 1 rings (SSSR count). The summed E-state index contributed by atoms with van der Waals surface area (Å²) in [4.78, 5) is 5.46. The van der Waals surface area contributed by atoms with Crippen molar-refractivity contribution in [2.24, 2.45) is 4.99 Å². The summed E-state index contributed by atoms with van der Waals surface area (Å²) in [7, 11) is -1.38. The average molecular weight is 347 g/mol. The molecule has 8 heteroatoms. The average Bonchev–Trinajstić information content (AvgIpc) is 2.86. The number of hydrogen-bond acceptors (Lipinski definition) is 4. The largest absolute Gasteiger partial charge is 0.356 e. The first-order valence-corrected chi connectivity index (χ1v) is 10.0. The second-order valence-electron chi connectivity index (χ2n) is 4.99. The molecule has 0 fully saturated rings. The Hall–Kier alpha value is -1.12. The second kappa shape index (κ2) is 9.12. The van der Waals surface area contributed by atoms with Gasteiger partial charge < -0.3 is 10.6 Å². The Kier molecular flexibility index (Phi) is 7.84. The van der Waals surface area contributed by atoms with E-state index in [1.165, 1.54) is 21.0 Å². The number of thiophene rings is 1.